The van der Waals surface area contributed by atoms with Gasteiger partial charge in [-0.15, -0.1) is 11.3 Å². The number of rotatable bonds is 5. The molecule has 4 aromatic rings. The molecule has 0 aliphatic rings. The topological polar surface area (TPSA) is 90.2 Å². The summed E-state index contributed by atoms with van der Waals surface area (Å²) < 4.78 is 6.33. The first-order valence-electron chi connectivity index (χ1n) is 8.59. The van der Waals surface area contributed by atoms with Gasteiger partial charge in [0, 0.05) is 17.5 Å². The third kappa shape index (κ3) is 3.63. The van der Waals surface area contributed by atoms with Gasteiger partial charge in [0.05, 0.1) is 11.0 Å². The molecule has 0 aliphatic carbocycles. The third-order valence-corrected chi connectivity index (χ3v) is 4.89. The molecular formula is C20H17N5O2S. The van der Waals surface area contributed by atoms with Crippen molar-refractivity contribution in [3.05, 3.63) is 71.1 Å². The summed E-state index contributed by atoms with van der Waals surface area (Å²) in [6.45, 7) is 3.91. The highest BCUT2D eigenvalue weighted by Crippen LogP contribution is 2.28. The van der Waals surface area contributed by atoms with Crippen LogP contribution in [-0.2, 0) is 0 Å². The van der Waals surface area contributed by atoms with Crippen LogP contribution in [0.4, 0.5) is 5.13 Å². The average Bonchev–Trinajstić information content (AvgIpc) is 3.33. The van der Waals surface area contributed by atoms with E-state index in [9.17, 15) is 5.11 Å². The summed E-state index contributed by atoms with van der Waals surface area (Å²) in [4.78, 5) is 4.46. The molecule has 4 rings (SSSR count). The number of nitrogens with zero attached hydrogens (tertiary/aromatic N) is 4. The van der Waals surface area contributed by atoms with E-state index in [0.717, 1.165) is 22.5 Å². The fraction of sp³-hybridized carbons (Fsp3) is 0.100. The fourth-order valence-corrected chi connectivity index (χ4v) is 3.27. The Labute approximate surface area is 165 Å². The number of nitrogens with one attached hydrogen (secondary N) is 1. The Bertz CT molecular complexity index is 1120. The third-order valence-electron chi connectivity index (χ3n) is 4.15. The Balaban J connectivity index is 1.60. The minimum absolute atomic E-state index is 0.275. The minimum Gasteiger partial charge on any atom is -0.539 e. The quantitative estimate of drug-likeness (QED) is 0.320. The van der Waals surface area contributed by atoms with Crippen LogP contribution in [0, 0.1) is 6.92 Å². The number of aromatic nitrogens is 3. The zero-order chi connectivity index (χ0) is 19.5. The number of hydrogen-bond acceptors (Lipinski definition) is 7. The van der Waals surface area contributed by atoms with Crippen molar-refractivity contribution >= 4 is 22.2 Å². The van der Waals surface area contributed by atoms with Crippen LogP contribution in [0.3, 0.4) is 0 Å². The van der Waals surface area contributed by atoms with Gasteiger partial charge in [0.25, 0.3) is 5.69 Å². The Hall–Kier alpha value is -3.52. The smallest absolute Gasteiger partial charge is 0.289 e. The number of hydrogen-bond donors (Lipinski definition) is 1. The number of aryl methyl sites for hydroxylation is 1. The second-order valence-corrected chi connectivity index (χ2v) is 7.03. The van der Waals surface area contributed by atoms with E-state index in [2.05, 4.69) is 20.8 Å². The molecule has 2 heterocycles. The Morgan fingerprint density at radius 2 is 1.89 bits per heavy atom. The standard InChI is InChI=1S/C20H17N5O2S/c1-13-8-10-16(11-9-13)25-18(19(26)27-24-25)17-12-28-20(21-17)23-22-14(2)15-6-4-3-5-7-15/h3-12H,1-2H3,(H-,21,23,24,26)/b22-14+. The van der Waals surface area contributed by atoms with Crippen molar-refractivity contribution in [2.45, 2.75) is 13.8 Å². The second-order valence-electron chi connectivity index (χ2n) is 6.17. The maximum absolute atomic E-state index is 12.2. The first kappa shape index (κ1) is 17.9. The molecule has 0 unspecified atom stereocenters. The van der Waals surface area contributed by atoms with Gasteiger partial charge in [0.15, 0.2) is 11.6 Å². The van der Waals surface area contributed by atoms with E-state index in [1.165, 1.54) is 16.0 Å². The molecule has 2 aromatic heterocycles. The van der Waals surface area contributed by atoms with E-state index in [0.29, 0.717) is 10.8 Å². The van der Waals surface area contributed by atoms with Crippen LogP contribution in [0.1, 0.15) is 18.1 Å². The highest BCUT2D eigenvalue weighted by atomic mass is 32.1. The van der Waals surface area contributed by atoms with Crippen molar-refractivity contribution < 1.29 is 14.3 Å². The monoisotopic (exact) mass is 391 g/mol. The molecule has 0 aliphatic heterocycles. The largest absolute Gasteiger partial charge is 0.539 e. The highest BCUT2D eigenvalue weighted by Gasteiger charge is 2.24. The molecule has 140 valence electrons. The summed E-state index contributed by atoms with van der Waals surface area (Å²) in [5.41, 5.74) is 7.39. The first-order chi connectivity index (χ1) is 13.6. The molecule has 0 saturated heterocycles. The van der Waals surface area contributed by atoms with Gasteiger partial charge < -0.3 is 9.63 Å². The van der Waals surface area contributed by atoms with Crippen LogP contribution in [0.15, 0.2) is 69.6 Å². The molecule has 0 spiro atoms. The second kappa shape index (κ2) is 7.61. The first-order valence-corrected chi connectivity index (χ1v) is 9.47. The zero-order valence-electron chi connectivity index (χ0n) is 15.3. The van der Waals surface area contributed by atoms with Crippen molar-refractivity contribution in [2.24, 2.45) is 5.10 Å². The molecule has 0 bridgehead atoms. The number of anilines is 1. The Morgan fingerprint density at radius 1 is 1.14 bits per heavy atom. The number of hydrazone groups is 1. The van der Waals surface area contributed by atoms with Gasteiger partial charge in [-0.05, 0) is 24.1 Å². The molecule has 7 nitrogen and oxygen atoms in total. The molecule has 0 amide bonds. The van der Waals surface area contributed by atoms with Crippen LogP contribution >= 0.6 is 11.3 Å². The molecule has 0 atom stereocenters. The molecule has 2 aromatic carbocycles. The van der Waals surface area contributed by atoms with E-state index in [1.54, 1.807) is 5.38 Å². The lowest BCUT2D eigenvalue weighted by Gasteiger charge is -2.00. The van der Waals surface area contributed by atoms with Gasteiger partial charge in [0.1, 0.15) is 0 Å². The average molecular weight is 391 g/mol. The molecule has 0 radical (unpaired) electrons. The lowest BCUT2D eigenvalue weighted by molar-refractivity contribution is -0.660. The van der Waals surface area contributed by atoms with Crippen LogP contribution in [0.2, 0.25) is 0 Å². The Morgan fingerprint density at radius 3 is 2.64 bits per heavy atom. The van der Waals surface area contributed by atoms with Gasteiger partial charge >= 0.3 is 0 Å². The lowest BCUT2D eigenvalue weighted by atomic mass is 10.1. The SMILES string of the molecule is C/C(=N\Nc1nc(-c2c([O-])on[n+]2-c2ccc(C)cc2)cs1)c1ccccc1. The Kier molecular flexibility index (Phi) is 4.86. The molecule has 8 heteroatoms. The van der Waals surface area contributed by atoms with Crippen LogP contribution < -0.4 is 15.2 Å². The predicted octanol–water partition coefficient (Wildman–Crippen LogP) is 3.29. The molecular weight excluding hydrogens is 374 g/mol. The van der Waals surface area contributed by atoms with Gasteiger partial charge in [-0.25, -0.2) is 4.98 Å². The maximum atomic E-state index is 12.2. The summed E-state index contributed by atoms with van der Waals surface area (Å²) in [5.74, 6) is -0.540. The summed E-state index contributed by atoms with van der Waals surface area (Å²) >= 11 is 1.35. The van der Waals surface area contributed by atoms with E-state index < -0.39 is 5.95 Å². The van der Waals surface area contributed by atoms with Gasteiger partial charge in [-0.3, -0.25) is 5.43 Å². The lowest BCUT2D eigenvalue weighted by Crippen LogP contribution is -2.34. The summed E-state index contributed by atoms with van der Waals surface area (Å²) in [7, 11) is 0. The van der Waals surface area contributed by atoms with Gasteiger partial charge in [0.2, 0.25) is 10.8 Å². The van der Waals surface area contributed by atoms with Crippen LogP contribution in [0.25, 0.3) is 17.1 Å². The summed E-state index contributed by atoms with van der Waals surface area (Å²) in [6, 6.07) is 17.5. The maximum Gasteiger partial charge on any atom is 0.289 e. The van der Waals surface area contributed by atoms with Crippen molar-refractivity contribution in [3.63, 3.8) is 0 Å². The van der Waals surface area contributed by atoms with E-state index in [-0.39, 0.29) is 5.69 Å². The van der Waals surface area contributed by atoms with E-state index >= 15 is 0 Å². The summed E-state index contributed by atoms with van der Waals surface area (Å²) in [6.07, 6.45) is 0. The fourth-order valence-electron chi connectivity index (χ4n) is 2.63. The van der Waals surface area contributed by atoms with Gasteiger partial charge in [-0.2, -0.15) is 5.10 Å². The number of benzene rings is 2. The zero-order valence-corrected chi connectivity index (χ0v) is 16.1. The summed E-state index contributed by atoms with van der Waals surface area (Å²) in [5, 5.41) is 22.8. The molecule has 1 N–H and O–H groups in total. The van der Waals surface area contributed by atoms with Crippen molar-refractivity contribution in [2.75, 3.05) is 5.43 Å². The van der Waals surface area contributed by atoms with Crippen molar-refractivity contribution in [1.82, 2.24) is 10.3 Å². The van der Waals surface area contributed by atoms with E-state index in [4.69, 9.17) is 4.52 Å². The normalized spacial score (nSPS) is 11.6. The molecule has 28 heavy (non-hydrogen) atoms. The van der Waals surface area contributed by atoms with Crippen LogP contribution in [-0.4, -0.2) is 16.0 Å². The molecule has 0 fully saturated rings. The van der Waals surface area contributed by atoms with Crippen molar-refractivity contribution in [1.29, 1.82) is 0 Å². The van der Waals surface area contributed by atoms with Gasteiger partial charge in [-0.1, -0.05) is 48.0 Å². The van der Waals surface area contributed by atoms with E-state index in [1.807, 2.05) is 68.4 Å². The molecule has 0 saturated carbocycles. The van der Waals surface area contributed by atoms with Crippen molar-refractivity contribution in [3.8, 4) is 23.0 Å². The van der Waals surface area contributed by atoms with Crippen LogP contribution in [0.5, 0.6) is 5.95 Å². The minimum atomic E-state index is -0.540. The number of thiazole rings is 1. The highest BCUT2D eigenvalue weighted by molar-refractivity contribution is 7.14. The predicted molar refractivity (Wildman–Crippen MR) is 106 cm³/mol.